The van der Waals surface area contributed by atoms with E-state index in [0.717, 1.165) is 6.42 Å². The molecule has 1 nitrogen and oxygen atoms in total. The standard InChI is InChI=1S/C10H18O/c1-5-6-9-8(2)7-10(3,4)11-9/h5,8-9H,1,6-7H2,2-4H3/t8-,9-/m0/s1. The summed E-state index contributed by atoms with van der Waals surface area (Å²) in [5, 5.41) is 0. The fourth-order valence-corrected chi connectivity index (χ4v) is 1.93. The summed E-state index contributed by atoms with van der Waals surface area (Å²) in [5.41, 5.74) is 0.0904. The van der Waals surface area contributed by atoms with Crippen molar-refractivity contribution in [1.82, 2.24) is 0 Å². The van der Waals surface area contributed by atoms with Crippen molar-refractivity contribution in [2.45, 2.75) is 45.3 Å². The maximum absolute atomic E-state index is 5.83. The predicted octanol–water partition coefficient (Wildman–Crippen LogP) is 2.77. The second-order valence-electron chi connectivity index (χ2n) is 4.12. The largest absolute Gasteiger partial charge is 0.372 e. The van der Waals surface area contributed by atoms with Gasteiger partial charge in [0, 0.05) is 0 Å². The molecule has 11 heavy (non-hydrogen) atoms. The molecule has 1 aliphatic heterocycles. The van der Waals surface area contributed by atoms with Crippen LogP contribution in [0.3, 0.4) is 0 Å². The van der Waals surface area contributed by atoms with Gasteiger partial charge in [0.25, 0.3) is 0 Å². The SMILES string of the molecule is C=CC[C@@H]1OC(C)(C)C[C@@H]1C. The van der Waals surface area contributed by atoms with Gasteiger partial charge in [-0.1, -0.05) is 13.0 Å². The lowest BCUT2D eigenvalue weighted by Crippen LogP contribution is -2.19. The van der Waals surface area contributed by atoms with Crippen LogP contribution in [0.15, 0.2) is 12.7 Å². The Kier molecular flexibility index (Phi) is 2.38. The molecule has 0 aliphatic carbocycles. The molecule has 64 valence electrons. The van der Waals surface area contributed by atoms with Crippen molar-refractivity contribution in [3.05, 3.63) is 12.7 Å². The lowest BCUT2D eigenvalue weighted by Gasteiger charge is -2.18. The Balaban J connectivity index is 2.51. The van der Waals surface area contributed by atoms with Crippen LogP contribution in [0, 0.1) is 5.92 Å². The first-order chi connectivity index (χ1) is 5.05. The van der Waals surface area contributed by atoms with Crippen molar-refractivity contribution in [1.29, 1.82) is 0 Å². The summed E-state index contributed by atoms with van der Waals surface area (Å²) in [7, 11) is 0. The highest BCUT2D eigenvalue weighted by Crippen LogP contribution is 2.35. The summed E-state index contributed by atoms with van der Waals surface area (Å²) in [6.07, 6.45) is 4.51. The molecule has 0 radical (unpaired) electrons. The number of hydrogen-bond acceptors (Lipinski definition) is 1. The maximum atomic E-state index is 5.83. The topological polar surface area (TPSA) is 9.23 Å². The molecule has 0 saturated carbocycles. The molecule has 0 bridgehead atoms. The zero-order chi connectivity index (χ0) is 8.48. The second kappa shape index (κ2) is 2.98. The lowest BCUT2D eigenvalue weighted by atomic mass is 9.95. The Hall–Kier alpha value is -0.300. The smallest absolute Gasteiger partial charge is 0.0643 e. The molecule has 0 N–H and O–H groups in total. The van der Waals surface area contributed by atoms with Gasteiger partial charge in [-0.2, -0.15) is 0 Å². The van der Waals surface area contributed by atoms with Crippen LogP contribution in [-0.2, 0) is 4.74 Å². The Morgan fingerprint density at radius 2 is 2.27 bits per heavy atom. The van der Waals surface area contributed by atoms with Crippen molar-refractivity contribution in [3.63, 3.8) is 0 Å². The normalized spacial score (nSPS) is 35.5. The Morgan fingerprint density at radius 3 is 2.64 bits per heavy atom. The second-order valence-corrected chi connectivity index (χ2v) is 4.12. The van der Waals surface area contributed by atoms with E-state index >= 15 is 0 Å². The van der Waals surface area contributed by atoms with Crippen LogP contribution in [0.25, 0.3) is 0 Å². The van der Waals surface area contributed by atoms with Crippen LogP contribution in [0.4, 0.5) is 0 Å². The molecule has 0 unspecified atom stereocenters. The van der Waals surface area contributed by atoms with Gasteiger partial charge in [0.15, 0.2) is 0 Å². The van der Waals surface area contributed by atoms with Crippen LogP contribution in [0.1, 0.15) is 33.6 Å². The summed E-state index contributed by atoms with van der Waals surface area (Å²) >= 11 is 0. The maximum Gasteiger partial charge on any atom is 0.0643 e. The van der Waals surface area contributed by atoms with E-state index in [1.165, 1.54) is 6.42 Å². The summed E-state index contributed by atoms with van der Waals surface area (Å²) < 4.78 is 5.83. The average molecular weight is 154 g/mol. The Bertz CT molecular complexity index is 149. The highest BCUT2D eigenvalue weighted by atomic mass is 16.5. The van der Waals surface area contributed by atoms with E-state index in [1.54, 1.807) is 0 Å². The Labute approximate surface area is 69.4 Å². The van der Waals surface area contributed by atoms with Crippen molar-refractivity contribution < 1.29 is 4.74 Å². The first-order valence-corrected chi connectivity index (χ1v) is 4.34. The predicted molar refractivity (Wildman–Crippen MR) is 47.5 cm³/mol. The number of rotatable bonds is 2. The summed E-state index contributed by atoms with van der Waals surface area (Å²) in [5.74, 6) is 0.683. The van der Waals surface area contributed by atoms with E-state index in [0.29, 0.717) is 12.0 Å². The van der Waals surface area contributed by atoms with Crippen LogP contribution >= 0.6 is 0 Å². The van der Waals surface area contributed by atoms with Crippen LogP contribution < -0.4 is 0 Å². The van der Waals surface area contributed by atoms with Crippen molar-refractivity contribution in [2.75, 3.05) is 0 Å². The average Bonchev–Trinajstić information content (AvgIpc) is 2.07. The van der Waals surface area contributed by atoms with Crippen molar-refractivity contribution in [2.24, 2.45) is 5.92 Å². The van der Waals surface area contributed by atoms with Gasteiger partial charge >= 0.3 is 0 Å². The van der Waals surface area contributed by atoms with E-state index in [9.17, 15) is 0 Å². The Morgan fingerprint density at radius 1 is 1.64 bits per heavy atom. The van der Waals surface area contributed by atoms with E-state index in [-0.39, 0.29) is 5.60 Å². The van der Waals surface area contributed by atoms with Gasteiger partial charge in [-0.25, -0.2) is 0 Å². The van der Waals surface area contributed by atoms with Gasteiger partial charge in [-0.05, 0) is 32.6 Å². The molecule has 2 atom stereocenters. The minimum absolute atomic E-state index is 0.0904. The van der Waals surface area contributed by atoms with Crippen LogP contribution in [0.2, 0.25) is 0 Å². The molecular weight excluding hydrogens is 136 g/mol. The van der Waals surface area contributed by atoms with E-state index in [4.69, 9.17) is 4.74 Å². The minimum atomic E-state index is 0.0904. The molecule has 0 spiro atoms. The number of hydrogen-bond donors (Lipinski definition) is 0. The molecule has 1 saturated heterocycles. The third-order valence-corrected chi connectivity index (χ3v) is 2.32. The molecular formula is C10H18O. The third-order valence-electron chi connectivity index (χ3n) is 2.32. The van der Waals surface area contributed by atoms with Gasteiger partial charge in [0.2, 0.25) is 0 Å². The van der Waals surface area contributed by atoms with Crippen LogP contribution in [-0.4, -0.2) is 11.7 Å². The molecule has 1 aliphatic rings. The summed E-state index contributed by atoms with van der Waals surface area (Å²) in [4.78, 5) is 0. The number of ether oxygens (including phenoxy) is 1. The van der Waals surface area contributed by atoms with Crippen molar-refractivity contribution in [3.8, 4) is 0 Å². The lowest BCUT2D eigenvalue weighted by molar-refractivity contribution is -0.0180. The van der Waals surface area contributed by atoms with Gasteiger partial charge in [0.1, 0.15) is 0 Å². The van der Waals surface area contributed by atoms with Gasteiger partial charge < -0.3 is 4.74 Å². The highest BCUT2D eigenvalue weighted by molar-refractivity contribution is 4.89. The summed E-state index contributed by atoms with van der Waals surface area (Å²) in [6.45, 7) is 10.3. The van der Waals surface area contributed by atoms with E-state index in [1.807, 2.05) is 6.08 Å². The van der Waals surface area contributed by atoms with Crippen molar-refractivity contribution >= 4 is 0 Å². The zero-order valence-electron chi connectivity index (χ0n) is 7.76. The summed E-state index contributed by atoms with van der Waals surface area (Å²) in [6, 6.07) is 0. The molecule has 0 aromatic heterocycles. The fourth-order valence-electron chi connectivity index (χ4n) is 1.93. The first-order valence-electron chi connectivity index (χ1n) is 4.34. The molecule has 1 heteroatoms. The molecule has 0 aromatic carbocycles. The minimum Gasteiger partial charge on any atom is -0.372 e. The molecule has 1 heterocycles. The van der Waals surface area contributed by atoms with E-state index in [2.05, 4.69) is 27.4 Å². The molecule has 1 fully saturated rings. The molecule has 0 aromatic rings. The first kappa shape index (κ1) is 8.79. The monoisotopic (exact) mass is 154 g/mol. The third kappa shape index (κ3) is 2.06. The zero-order valence-corrected chi connectivity index (χ0v) is 7.76. The highest BCUT2D eigenvalue weighted by Gasteiger charge is 2.36. The van der Waals surface area contributed by atoms with Gasteiger partial charge in [-0.3, -0.25) is 0 Å². The molecule has 0 amide bonds. The fraction of sp³-hybridized carbons (Fsp3) is 0.800. The molecule has 1 rings (SSSR count). The van der Waals surface area contributed by atoms with Crippen LogP contribution in [0.5, 0.6) is 0 Å². The van der Waals surface area contributed by atoms with Gasteiger partial charge in [-0.15, -0.1) is 6.58 Å². The quantitative estimate of drug-likeness (QED) is 0.556. The van der Waals surface area contributed by atoms with Gasteiger partial charge in [0.05, 0.1) is 11.7 Å². The van der Waals surface area contributed by atoms with E-state index < -0.39 is 0 Å².